The fourth-order valence-corrected chi connectivity index (χ4v) is 4.70. The molecule has 5 nitrogen and oxygen atoms in total. The first kappa shape index (κ1) is 21.4. The van der Waals surface area contributed by atoms with Gasteiger partial charge in [-0.1, -0.05) is 21.6 Å². The zero-order valence-electron chi connectivity index (χ0n) is 12.4. The van der Waals surface area contributed by atoms with Crippen molar-refractivity contribution in [1.29, 1.82) is 0 Å². The summed E-state index contributed by atoms with van der Waals surface area (Å²) in [5.74, 6) is 2.68. The Hall–Kier alpha value is 1.39. The molecule has 0 aromatic rings. The van der Waals surface area contributed by atoms with E-state index in [1.165, 1.54) is 6.66 Å². The van der Waals surface area contributed by atoms with Crippen molar-refractivity contribution < 1.29 is 22.7 Å². The van der Waals surface area contributed by atoms with E-state index < -0.39 is 15.0 Å². The highest BCUT2D eigenvalue weighted by molar-refractivity contribution is 8.76. The van der Waals surface area contributed by atoms with E-state index in [1.807, 2.05) is 6.26 Å². The summed E-state index contributed by atoms with van der Waals surface area (Å²) < 4.78 is 37.3. The predicted molar refractivity (Wildman–Crippen MR) is 94.1 cm³/mol. The Morgan fingerprint density at radius 3 is 2.15 bits per heavy atom. The van der Waals surface area contributed by atoms with E-state index in [2.05, 4.69) is 0 Å². The van der Waals surface area contributed by atoms with Crippen LogP contribution in [0.5, 0.6) is 0 Å². The second kappa shape index (κ2) is 11.9. The van der Waals surface area contributed by atoms with Crippen LogP contribution < -0.4 is 0 Å². The van der Waals surface area contributed by atoms with Crippen molar-refractivity contribution in [2.24, 2.45) is 0 Å². The molecule has 122 valence electrons. The lowest BCUT2D eigenvalue weighted by molar-refractivity contribution is 0.229. The van der Waals surface area contributed by atoms with Gasteiger partial charge in [0.1, 0.15) is 0 Å². The van der Waals surface area contributed by atoms with Crippen molar-refractivity contribution in [3.63, 3.8) is 0 Å². The lowest BCUT2D eigenvalue weighted by Crippen LogP contribution is -1.97. The van der Waals surface area contributed by atoms with E-state index in [0.717, 1.165) is 17.3 Å². The molecule has 0 radical (unpaired) electrons. The molecule has 0 spiro atoms. The zero-order valence-corrected chi connectivity index (χ0v) is 16.6. The van der Waals surface area contributed by atoms with Gasteiger partial charge in [0.15, 0.2) is 7.37 Å². The molecule has 1 aliphatic rings. The van der Waals surface area contributed by atoms with Crippen LogP contribution >= 0.6 is 48.3 Å². The predicted octanol–water partition coefficient (Wildman–Crippen LogP) is 4.14. The first-order valence-electron chi connectivity index (χ1n) is 6.06. The fourth-order valence-electron chi connectivity index (χ4n) is 0.970. The minimum atomic E-state index is -2.71. The molecule has 0 aromatic carbocycles. The molecule has 0 amide bonds. The van der Waals surface area contributed by atoms with Crippen LogP contribution in [0.15, 0.2) is 0 Å². The van der Waals surface area contributed by atoms with Crippen LogP contribution in [0.3, 0.4) is 0 Å². The SMILES string of the molecule is CP1(=O)OCCSSCCO1.CSCCOP(C)(C)=O. The third-order valence-corrected chi connectivity index (χ3v) is 6.77. The van der Waals surface area contributed by atoms with Gasteiger partial charge < -0.3 is 13.6 Å². The lowest BCUT2D eigenvalue weighted by atomic mass is 10.9. The molecule has 0 bridgehead atoms. The number of thioether (sulfide) groups is 1. The molecule has 0 N–H and O–H groups in total. The maximum atomic E-state index is 11.3. The molecule has 1 heterocycles. The number of rotatable bonds is 4. The average molecular weight is 382 g/mol. The third-order valence-electron chi connectivity index (χ3n) is 1.76. The summed E-state index contributed by atoms with van der Waals surface area (Å²) in [4.78, 5) is 0. The van der Waals surface area contributed by atoms with Gasteiger partial charge in [-0.2, -0.15) is 11.8 Å². The van der Waals surface area contributed by atoms with Crippen LogP contribution in [-0.4, -0.2) is 63.3 Å². The van der Waals surface area contributed by atoms with E-state index in [1.54, 1.807) is 46.7 Å². The molecule has 0 aromatic heterocycles. The molecule has 1 aliphatic heterocycles. The van der Waals surface area contributed by atoms with E-state index in [0.29, 0.717) is 19.8 Å². The third kappa shape index (κ3) is 15.8. The highest BCUT2D eigenvalue weighted by Crippen LogP contribution is 2.45. The maximum absolute atomic E-state index is 11.3. The summed E-state index contributed by atoms with van der Waals surface area (Å²) in [7, 11) is -1.45. The van der Waals surface area contributed by atoms with Crippen molar-refractivity contribution in [3.05, 3.63) is 0 Å². The first-order valence-corrected chi connectivity index (χ1v) is 14.5. The van der Waals surface area contributed by atoms with Gasteiger partial charge in [0.25, 0.3) is 0 Å². The minimum Gasteiger partial charge on any atom is -0.328 e. The van der Waals surface area contributed by atoms with Crippen molar-refractivity contribution >= 4 is 48.3 Å². The molecular formula is C10H24O5P2S3. The smallest absolute Gasteiger partial charge is 0.327 e. The Morgan fingerprint density at radius 2 is 1.75 bits per heavy atom. The van der Waals surface area contributed by atoms with Gasteiger partial charge in [-0.3, -0.25) is 9.13 Å². The van der Waals surface area contributed by atoms with Crippen LogP contribution in [-0.2, 0) is 22.7 Å². The number of hydrogen-bond acceptors (Lipinski definition) is 8. The summed E-state index contributed by atoms with van der Waals surface area (Å²) >= 11 is 1.70. The molecule has 20 heavy (non-hydrogen) atoms. The molecule has 0 atom stereocenters. The Bertz CT molecular complexity index is 323. The molecule has 0 saturated carbocycles. The standard InChI is InChI=1S/C5H11O3PS2.C5H13O2PS/c1-9(6)7-2-4-10-11-5-3-8-9;1-8(2,6)7-4-5-9-3/h2-5H2,1H3;4-5H2,1-3H3. The highest BCUT2D eigenvalue weighted by Gasteiger charge is 2.17. The van der Waals surface area contributed by atoms with Crippen LogP contribution in [0.25, 0.3) is 0 Å². The van der Waals surface area contributed by atoms with Crippen LogP contribution in [0.1, 0.15) is 0 Å². The van der Waals surface area contributed by atoms with Crippen molar-refractivity contribution in [1.82, 2.24) is 0 Å². The summed E-state index contributed by atoms with van der Waals surface area (Å²) in [6.45, 7) is 6.43. The Balaban J connectivity index is 0.000000370. The van der Waals surface area contributed by atoms with Gasteiger partial charge in [-0.05, 0) is 6.26 Å². The van der Waals surface area contributed by atoms with E-state index in [4.69, 9.17) is 13.6 Å². The quantitative estimate of drug-likeness (QED) is 0.408. The van der Waals surface area contributed by atoms with Gasteiger partial charge in [0.05, 0.1) is 19.8 Å². The summed E-state index contributed by atoms with van der Waals surface area (Å²) in [6.07, 6.45) is 2.00. The van der Waals surface area contributed by atoms with Crippen LogP contribution in [0.2, 0.25) is 0 Å². The van der Waals surface area contributed by atoms with E-state index >= 15 is 0 Å². The summed E-state index contributed by atoms with van der Waals surface area (Å²) in [6, 6.07) is 0. The number of hydrogen-bond donors (Lipinski definition) is 0. The minimum absolute atomic E-state index is 0.519. The van der Waals surface area contributed by atoms with Crippen LogP contribution in [0.4, 0.5) is 0 Å². The van der Waals surface area contributed by atoms with E-state index in [9.17, 15) is 9.13 Å². The Kier molecular flexibility index (Phi) is 12.7. The zero-order chi connectivity index (χ0) is 15.5. The summed E-state index contributed by atoms with van der Waals surface area (Å²) in [5, 5.41) is 0. The van der Waals surface area contributed by atoms with E-state index in [-0.39, 0.29) is 0 Å². The van der Waals surface area contributed by atoms with Gasteiger partial charge in [0, 0.05) is 37.3 Å². The topological polar surface area (TPSA) is 61.8 Å². The monoisotopic (exact) mass is 382 g/mol. The van der Waals surface area contributed by atoms with Crippen molar-refractivity contribution in [2.75, 3.05) is 63.3 Å². The normalized spacial score (nSPS) is 20.0. The second-order valence-corrected chi connectivity index (χ2v) is 12.7. The largest absolute Gasteiger partial charge is 0.328 e. The molecule has 0 unspecified atom stereocenters. The van der Waals surface area contributed by atoms with Gasteiger partial charge in [-0.25, -0.2) is 0 Å². The summed E-state index contributed by atoms with van der Waals surface area (Å²) in [5.41, 5.74) is 0. The molecule has 1 fully saturated rings. The van der Waals surface area contributed by atoms with Gasteiger partial charge in [-0.15, -0.1) is 0 Å². The lowest BCUT2D eigenvalue weighted by Gasteiger charge is -2.10. The highest BCUT2D eigenvalue weighted by atomic mass is 33.1. The molecule has 1 rings (SSSR count). The first-order chi connectivity index (χ1) is 9.27. The maximum Gasteiger partial charge on any atom is 0.327 e. The van der Waals surface area contributed by atoms with Crippen molar-refractivity contribution in [3.8, 4) is 0 Å². The second-order valence-electron chi connectivity index (χ2n) is 4.16. The Morgan fingerprint density at radius 1 is 1.25 bits per heavy atom. The molecule has 0 aliphatic carbocycles. The van der Waals surface area contributed by atoms with Gasteiger partial charge >= 0.3 is 7.60 Å². The molecule has 1 saturated heterocycles. The average Bonchev–Trinajstić information content (AvgIpc) is 2.40. The fraction of sp³-hybridized carbons (Fsp3) is 1.00. The Labute approximate surface area is 134 Å². The van der Waals surface area contributed by atoms with Crippen LogP contribution in [0, 0.1) is 0 Å². The van der Waals surface area contributed by atoms with Crippen molar-refractivity contribution in [2.45, 2.75) is 0 Å². The molecular weight excluding hydrogens is 358 g/mol. The van der Waals surface area contributed by atoms with Gasteiger partial charge in [0.2, 0.25) is 0 Å². The molecule has 10 heteroatoms.